The van der Waals surface area contributed by atoms with Crippen LogP contribution in [-0.2, 0) is 9.59 Å². The zero-order chi connectivity index (χ0) is 13.6. The van der Waals surface area contributed by atoms with Crippen molar-refractivity contribution in [2.24, 2.45) is 5.92 Å². The molecule has 17 heavy (non-hydrogen) atoms. The van der Waals surface area contributed by atoms with Gasteiger partial charge in [0.2, 0.25) is 0 Å². The number of likely N-dealkylation sites (N-methyl/N-ethyl adjacent to an activating group) is 1. The van der Waals surface area contributed by atoms with Crippen LogP contribution in [0, 0.1) is 5.92 Å². The average molecular weight is 244 g/mol. The third kappa shape index (κ3) is 4.93. The molecule has 0 radical (unpaired) electrons. The molecule has 0 aromatic rings. The Morgan fingerprint density at radius 3 is 2.18 bits per heavy atom. The van der Waals surface area contributed by atoms with Crippen molar-refractivity contribution in [2.75, 3.05) is 20.2 Å². The highest BCUT2D eigenvalue weighted by Crippen LogP contribution is 2.07. The highest BCUT2D eigenvalue weighted by Gasteiger charge is 2.32. The average Bonchev–Trinajstić information content (AvgIpc) is 2.27. The quantitative estimate of drug-likeness (QED) is 0.548. The summed E-state index contributed by atoms with van der Waals surface area (Å²) in [4.78, 5) is 23.5. The molecule has 5 heteroatoms. The van der Waals surface area contributed by atoms with E-state index in [1.54, 1.807) is 20.9 Å². The molecule has 1 atom stereocenters. The number of carbonyl (C=O) groups excluding carboxylic acids is 2. The van der Waals surface area contributed by atoms with Gasteiger partial charge < -0.3 is 10.4 Å². The number of ketones is 2. The number of nitrogens with one attached hydrogen (secondary N) is 2. The second kappa shape index (κ2) is 6.83. The van der Waals surface area contributed by atoms with E-state index < -0.39 is 11.6 Å². The number of carbonyl (C=O) groups is 2. The molecule has 3 N–H and O–H groups in total. The van der Waals surface area contributed by atoms with E-state index in [4.69, 9.17) is 5.11 Å². The van der Waals surface area contributed by atoms with E-state index in [1.165, 1.54) is 0 Å². The van der Waals surface area contributed by atoms with Crippen LogP contribution in [0.2, 0.25) is 0 Å². The summed E-state index contributed by atoms with van der Waals surface area (Å²) in [6.45, 7) is 6.98. The predicted octanol–water partition coefficient (Wildman–Crippen LogP) is -0.271. The number of hydrogen-bond donors (Lipinski definition) is 3. The van der Waals surface area contributed by atoms with Crippen LogP contribution < -0.4 is 10.6 Å². The molecule has 0 aromatic heterocycles. The Balaban J connectivity index is 4.46. The second-order valence-electron chi connectivity index (χ2n) is 4.99. The monoisotopic (exact) mass is 244 g/mol. The third-order valence-corrected chi connectivity index (χ3v) is 2.81. The standard InChI is InChI=1S/C12H24N2O3/c1-8(2)10(16)6-14-12(3,4)11(17)9(7-15)13-5/h8-9,13-15H,6-7H2,1-5H3. The van der Waals surface area contributed by atoms with Crippen LogP contribution in [-0.4, -0.2) is 48.5 Å². The molecule has 0 aromatic carbocycles. The largest absolute Gasteiger partial charge is 0.394 e. The first-order chi connectivity index (χ1) is 7.76. The molecule has 0 aliphatic rings. The van der Waals surface area contributed by atoms with Gasteiger partial charge in [-0.15, -0.1) is 0 Å². The maximum Gasteiger partial charge on any atom is 0.171 e. The smallest absolute Gasteiger partial charge is 0.171 e. The molecule has 0 fully saturated rings. The molecule has 0 amide bonds. The number of Topliss-reactive ketones (excluding diaryl/α,β-unsaturated/α-hetero) is 2. The normalized spacial score (nSPS) is 13.8. The van der Waals surface area contributed by atoms with Gasteiger partial charge >= 0.3 is 0 Å². The van der Waals surface area contributed by atoms with Crippen LogP contribution >= 0.6 is 0 Å². The zero-order valence-electron chi connectivity index (χ0n) is 11.3. The van der Waals surface area contributed by atoms with E-state index in [-0.39, 0.29) is 30.6 Å². The fourth-order valence-corrected chi connectivity index (χ4v) is 1.34. The first kappa shape index (κ1) is 16.2. The topological polar surface area (TPSA) is 78.4 Å². The fraction of sp³-hybridized carbons (Fsp3) is 0.833. The van der Waals surface area contributed by atoms with Gasteiger partial charge in [0, 0.05) is 5.92 Å². The molecule has 0 saturated heterocycles. The van der Waals surface area contributed by atoms with Gasteiger partial charge in [-0.3, -0.25) is 14.9 Å². The number of aliphatic hydroxyl groups is 1. The summed E-state index contributed by atoms with van der Waals surface area (Å²) in [5, 5.41) is 14.7. The molecular weight excluding hydrogens is 220 g/mol. The van der Waals surface area contributed by atoms with Crippen molar-refractivity contribution in [3.63, 3.8) is 0 Å². The van der Waals surface area contributed by atoms with E-state index in [0.717, 1.165) is 0 Å². The van der Waals surface area contributed by atoms with Crippen LogP contribution in [0.4, 0.5) is 0 Å². The van der Waals surface area contributed by atoms with Crippen LogP contribution in [0.5, 0.6) is 0 Å². The Hall–Kier alpha value is -0.780. The Labute approximate surface area is 103 Å². The van der Waals surface area contributed by atoms with Crippen molar-refractivity contribution in [2.45, 2.75) is 39.3 Å². The first-order valence-electron chi connectivity index (χ1n) is 5.86. The lowest BCUT2D eigenvalue weighted by Crippen LogP contribution is -2.56. The summed E-state index contributed by atoms with van der Waals surface area (Å²) in [7, 11) is 1.62. The maximum absolute atomic E-state index is 12.0. The Bertz CT molecular complexity index is 271. The van der Waals surface area contributed by atoms with Crippen LogP contribution in [0.3, 0.4) is 0 Å². The molecule has 0 rings (SSSR count). The lowest BCUT2D eigenvalue weighted by molar-refractivity contribution is -0.128. The third-order valence-electron chi connectivity index (χ3n) is 2.81. The number of rotatable bonds is 8. The van der Waals surface area contributed by atoms with Gasteiger partial charge in [0.15, 0.2) is 5.78 Å². The number of aliphatic hydroxyl groups excluding tert-OH is 1. The van der Waals surface area contributed by atoms with Crippen molar-refractivity contribution < 1.29 is 14.7 Å². The van der Waals surface area contributed by atoms with Gasteiger partial charge in [0.25, 0.3) is 0 Å². The van der Waals surface area contributed by atoms with Crippen molar-refractivity contribution >= 4 is 11.6 Å². The second-order valence-corrected chi connectivity index (χ2v) is 4.99. The van der Waals surface area contributed by atoms with Gasteiger partial charge in [-0.25, -0.2) is 0 Å². The molecule has 0 heterocycles. The minimum absolute atomic E-state index is 0.0497. The SMILES string of the molecule is CNC(CO)C(=O)C(C)(C)NCC(=O)C(C)C. The molecular formula is C12H24N2O3. The van der Waals surface area contributed by atoms with Gasteiger partial charge in [-0.05, 0) is 20.9 Å². The van der Waals surface area contributed by atoms with Crippen molar-refractivity contribution in [1.29, 1.82) is 0 Å². The highest BCUT2D eigenvalue weighted by atomic mass is 16.3. The van der Waals surface area contributed by atoms with Crippen molar-refractivity contribution in [3.8, 4) is 0 Å². The molecule has 1 unspecified atom stereocenters. The van der Waals surface area contributed by atoms with Gasteiger partial charge in [-0.1, -0.05) is 13.8 Å². The lowest BCUT2D eigenvalue weighted by Gasteiger charge is -2.28. The molecule has 0 aliphatic carbocycles. The first-order valence-corrected chi connectivity index (χ1v) is 5.86. The van der Waals surface area contributed by atoms with Gasteiger partial charge in [0.1, 0.15) is 5.78 Å². The van der Waals surface area contributed by atoms with Crippen molar-refractivity contribution in [3.05, 3.63) is 0 Å². The molecule has 100 valence electrons. The van der Waals surface area contributed by atoms with Gasteiger partial charge in [-0.2, -0.15) is 0 Å². The summed E-state index contributed by atoms with van der Waals surface area (Å²) in [6.07, 6.45) is 0. The van der Waals surface area contributed by atoms with Crippen LogP contribution in [0.1, 0.15) is 27.7 Å². The van der Waals surface area contributed by atoms with E-state index in [9.17, 15) is 9.59 Å². The van der Waals surface area contributed by atoms with E-state index in [1.807, 2.05) is 13.8 Å². The summed E-state index contributed by atoms with van der Waals surface area (Å²) in [5.41, 5.74) is -0.832. The Morgan fingerprint density at radius 2 is 1.82 bits per heavy atom. The molecule has 0 bridgehead atoms. The summed E-state index contributed by atoms with van der Waals surface area (Å²) in [5.74, 6) is -0.138. The lowest BCUT2D eigenvalue weighted by atomic mass is 9.93. The van der Waals surface area contributed by atoms with Gasteiger partial charge in [0.05, 0.1) is 24.7 Å². The predicted molar refractivity (Wildman–Crippen MR) is 66.9 cm³/mol. The zero-order valence-corrected chi connectivity index (χ0v) is 11.3. The molecule has 0 aliphatic heterocycles. The Kier molecular flexibility index (Phi) is 6.52. The van der Waals surface area contributed by atoms with E-state index in [2.05, 4.69) is 10.6 Å². The minimum atomic E-state index is -0.832. The van der Waals surface area contributed by atoms with Crippen LogP contribution in [0.15, 0.2) is 0 Å². The summed E-state index contributed by atoms with van der Waals surface area (Å²) in [6, 6.07) is -0.605. The van der Waals surface area contributed by atoms with E-state index in [0.29, 0.717) is 0 Å². The van der Waals surface area contributed by atoms with E-state index >= 15 is 0 Å². The fourth-order valence-electron chi connectivity index (χ4n) is 1.34. The van der Waals surface area contributed by atoms with Crippen molar-refractivity contribution in [1.82, 2.24) is 10.6 Å². The Morgan fingerprint density at radius 1 is 1.29 bits per heavy atom. The van der Waals surface area contributed by atoms with Crippen LogP contribution in [0.25, 0.3) is 0 Å². The summed E-state index contributed by atoms with van der Waals surface area (Å²) < 4.78 is 0. The summed E-state index contributed by atoms with van der Waals surface area (Å²) >= 11 is 0. The molecule has 0 saturated carbocycles. The minimum Gasteiger partial charge on any atom is -0.394 e. The molecule has 0 spiro atoms. The number of hydrogen-bond acceptors (Lipinski definition) is 5. The maximum atomic E-state index is 12.0. The highest BCUT2D eigenvalue weighted by molar-refractivity contribution is 5.93. The molecule has 5 nitrogen and oxygen atoms in total.